The molecule has 1 heterocycles. The van der Waals surface area contributed by atoms with Gasteiger partial charge in [-0.25, -0.2) is 4.79 Å². The summed E-state index contributed by atoms with van der Waals surface area (Å²) in [4.78, 5) is 22.8. The number of carbonyl (C=O) groups is 2. The van der Waals surface area contributed by atoms with Crippen molar-refractivity contribution in [1.29, 1.82) is 0 Å². The molecule has 1 fully saturated rings. The normalized spacial score (nSPS) is 23.4. The molecule has 0 saturated carbocycles. The average molecular weight is 297 g/mol. The molecule has 0 radical (unpaired) electrons. The number of alkyl halides is 3. The fraction of sp³-hybridized carbons (Fsp3) is 0.636. The maximum Gasteiger partial charge on any atom is 0.471 e. The van der Waals surface area contributed by atoms with Gasteiger partial charge in [-0.1, -0.05) is 6.08 Å². The van der Waals surface area contributed by atoms with Crippen LogP contribution in [0.3, 0.4) is 0 Å². The molecular weight excluding hydrogens is 283 g/mol. The van der Waals surface area contributed by atoms with Gasteiger partial charge in [0.15, 0.2) is 0 Å². The van der Waals surface area contributed by atoms with E-state index in [0.717, 1.165) is 0 Å². The number of carboxylic acids is 1. The van der Waals surface area contributed by atoms with Gasteiger partial charge in [0.25, 0.3) is 0 Å². The fourth-order valence-corrected chi connectivity index (χ4v) is 1.72. The van der Waals surface area contributed by atoms with Crippen LogP contribution in [0.5, 0.6) is 0 Å². The molecule has 1 amide bonds. The van der Waals surface area contributed by atoms with Crippen molar-refractivity contribution in [3.63, 3.8) is 0 Å². The highest BCUT2D eigenvalue weighted by Gasteiger charge is 2.50. The molecule has 114 valence electrons. The average Bonchev–Trinajstić information content (AvgIpc) is 2.37. The number of morpholine rings is 1. The van der Waals surface area contributed by atoms with Crippen LogP contribution in [0, 0.1) is 0 Å². The van der Waals surface area contributed by atoms with E-state index in [0.29, 0.717) is 4.90 Å². The van der Waals surface area contributed by atoms with Crippen molar-refractivity contribution in [1.82, 2.24) is 4.90 Å². The van der Waals surface area contributed by atoms with E-state index in [2.05, 4.69) is 6.58 Å². The molecule has 1 atom stereocenters. The number of carboxylic acid groups (broad SMARTS) is 1. The number of halogens is 3. The number of hydrogen-bond acceptors (Lipinski definition) is 4. The second-order valence-electron chi connectivity index (χ2n) is 4.18. The lowest BCUT2D eigenvalue weighted by Crippen LogP contribution is -2.61. The lowest BCUT2D eigenvalue weighted by Gasteiger charge is -2.39. The zero-order valence-electron chi connectivity index (χ0n) is 10.5. The summed E-state index contributed by atoms with van der Waals surface area (Å²) in [5.41, 5.74) is -2.00. The summed E-state index contributed by atoms with van der Waals surface area (Å²) in [5, 5.41) is 9.14. The lowest BCUT2D eigenvalue weighted by molar-refractivity contribution is -0.207. The van der Waals surface area contributed by atoms with Crippen LogP contribution in [0.2, 0.25) is 0 Å². The third-order valence-corrected chi connectivity index (χ3v) is 2.68. The minimum Gasteiger partial charge on any atom is -0.479 e. The van der Waals surface area contributed by atoms with Gasteiger partial charge in [0.1, 0.15) is 0 Å². The minimum atomic E-state index is -5.05. The van der Waals surface area contributed by atoms with Crippen molar-refractivity contribution in [3.05, 3.63) is 12.7 Å². The van der Waals surface area contributed by atoms with E-state index >= 15 is 0 Å². The van der Waals surface area contributed by atoms with E-state index < -0.39 is 36.8 Å². The molecule has 20 heavy (non-hydrogen) atoms. The van der Waals surface area contributed by atoms with Crippen molar-refractivity contribution < 1.29 is 37.3 Å². The highest BCUT2D eigenvalue weighted by atomic mass is 19.4. The molecule has 0 aromatic carbocycles. The zero-order chi connectivity index (χ0) is 15.4. The molecule has 0 aromatic rings. The van der Waals surface area contributed by atoms with Crippen molar-refractivity contribution in [2.45, 2.75) is 11.8 Å². The van der Waals surface area contributed by atoms with Gasteiger partial charge in [-0.2, -0.15) is 13.2 Å². The number of rotatable bonds is 5. The van der Waals surface area contributed by atoms with Crippen LogP contribution in [-0.2, 0) is 19.1 Å². The quantitative estimate of drug-likeness (QED) is 0.588. The van der Waals surface area contributed by atoms with Crippen LogP contribution in [-0.4, -0.2) is 66.6 Å². The molecule has 0 spiro atoms. The van der Waals surface area contributed by atoms with Crippen LogP contribution < -0.4 is 0 Å². The van der Waals surface area contributed by atoms with E-state index in [-0.39, 0.29) is 19.8 Å². The first-order valence-electron chi connectivity index (χ1n) is 5.65. The highest BCUT2D eigenvalue weighted by Crippen LogP contribution is 2.25. The SMILES string of the molecule is C=CCOCC1(C(=O)O)CN(C(=O)C(F)(F)F)CCO1. The number of aliphatic carboxylic acids is 1. The Morgan fingerprint density at radius 1 is 1.50 bits per heavy atom. The summed E-state index contributed by atoms with van der Waals surface area (Å²) >= 11 is 0. The van der Waals surface area contributed by atoms with Gasteiger partial charge < -0.3 is 19.5 Å². The van der Waals surface area contributed by atoms with Crippen molar-refractivity contribution in [3.8, 4) is 0 Å². The number of amides is 1. The molecule has 1 N–H and O–H groups in total. The van der Waals surface area contributed by atoms with E-state index in [4.69, 9.17) is 14.6 Å². The first kappa shape index (κ1) is 16.4. The van der Waals surface area contributed by atoms with Crippen LogP contribution in [0.25, 0.3) is 0 Å². The van der Waals surface area contributed by atoms with Gasteiger partial charge in [-0.15, -0.1) is 6.58 Å². The third-order valence-electron chi connectivity index (χ3n) is 2.68. The summed E-state index contributed by atoms with van der Waals surface area (Å²) in [7, 11) is 0. The van der Waals surface area contributed by atoms with E-state index in [1.54, 1.807) is 0 Å². The van der Waals surface area contributed by atoms with Gasteiger partial charge in [0.2, 0.25) is 5.60 Å². The van der Waals surface area contributed by atoms with E-state index in [1.165, 1.54) is 6.08 Å². The van der Waals surface area contributed by atoms with Crippen LogP contribution in [0.1, 0.15) is 0 Å². The maximum absolute atomic E-state index is 12.4. The number of hydrogen-bond donors (Lipinski definition) is 1. The molecule has 1 rings (SSSR count). The summed E-state index contributed by atoms with van der Waals surface area (Å²) in [5.74, 6) is -3.57. The van der Waals surface area contributed by atoms with Gasteiger partial charge in [-0.3, -0.25) is 4.79 Å². The first-order chi connectivity index (χ1) is 9.23. The molecule has 1 saturated heterocycles. The van der Waals surface area contributed by atoms with Gasteiger partial charge in [0.05, 0.1) is 26.4 Å². The van der Waals surface area contributed by atoms with Crippen molar-refractivity contribution in [2.24, 2.45) is 0 Å². The highest BCUT2D eigenvalue weighted by molar-refractivity contribution is 5.84. The Kier molecular flexibility index (Phi) is 5.12. The molecule has 0 bridgehead atoms. The Morgan fingerprint density at radius 3 is 2.65 bits per heavy atom. The Balaban J connectivity index is 2.83. The third kappa shape index (κ3) is 3.70. The van der Waals surface area contributed by atoms with Crippen LogP contribution in [0.15, 0.2) is 12.7 Å². The largest absolute Gasteiger partial charge is 0.479 e. The molecule has 9 heteroatoms. The molecule has 0 aliphatic carbocycles. The lowest BCUT2D eigenvalue weighted by atomic mass is 10.0. The standard InChI is InChI=1S/C11H14F3NO5/c1-2-4-19-7-10(9(17)18)6-15(3-5-20-10)8(16)11(12,13)14/h2H,1,3-7H2,(H,17,18). The van der Waals surface area contributed by atoms with Crippen molar-refractivity contribution >= 4 is 11.9 Å². The van der Waals surface area contributed by atoms with Gasteiger partial charge in [-0.05, 0) is 0 Å². The second-order valence-corrected chi connectivity index (χ2v) is 4.18. The molecular formula is C11H14F3NO5. The Bertz CT molecular complexity index is 398. The smallest absolute Gasteiger partial charge is 0.471 e. The van der Waals surface area contributed by atoms with Crippen molar-refractivity contribution in [2.75, 3.05) is 32.9 Å². The predicted molar refractivity (Wildman–Crippen MR) is 60.0 cm³/mol. The molecule has 1 aliphatic heterocycles. The molecule has 0 aromatic heterocycles. The van der Waals surface area contributed by atoms with Crippen LogP contribution in [0.4, 0.5) is 13.2 Å². The zero-order valence-corrected chi connectivity index (χ0v) is 10.5. The summed E-state index contributed by atoms with van der Waals surface area (Å²) in [6.07, 6.45) is -3.69. The topological polar surface area (TPSA) is 76.1 Å². The predicted octanol–water partition coefficient (Wildman–Crippen LogP) is 0.433. The summed E-state index contributed by atoms with van der Waals surface area (Å²) < 4.78 is 47.1. The van der Waals surface area contributed by atoms with E-state index in [9.17, 15) is 22.8 Å². The minimum absolute atomic E-state index is 0.0195. The Morgan fingerprint density at radius 2 is 2.15 bits per heavy atom. The van der Waals surface area contributed by atoms with Gasteiger partial charge in [0, 0.05) is 6.54 Å². The molecule has 1 aliphatic rings. The van der Waals surface area contributed by atoms with E-state index in [1.807, 2.05) is 0 Å². The maximum atomic E-state index is 12.4. The number of carbonyl (C=O) groups excluding carboxylic acids is 1. The Hall–Kier alpha value is -1.61. The fourth-order valence-electron chi connectivity index (χ4n) is 1.72. The van der Waals surface area contributed by atoms with Gasteiger partial charge >= 0.3 is 18.1 Å². The first-order valence-corrected chi connectivity index (χ1v) is 5.65. The molecule has 6 nitrogen and oxygen atoms in total. The summed E-state index contributed by atoms with van der Waals surface area (Å²) in [6.45, 7) is 1.54. The Labute approximate surface area is 112 Å². The van der Waals surface area contributed by atoms with Crippen LogP contribution >= 0.6 is 0 Å². The summed E-state index contributed by atoms with van der Waals surface area (Å²) in [6, 6.07) is 0. The number of ether oxygens (including phenoxy) is 2. The number of nitrogens with zero attached hydrogens (tertiary/aromatic N) is 1. The second kappa shape index (κ2) is 6.23. The monoisotopic (exact) mass is 297 g/mol. The molecule has 1 unspecified atom stereocenters.